The molecule has 2 saturated heterocycles. The van der Waals surface area contributed by atoms with E-state index in [1.54, 1.807) is 0 Å². The third-order valence-electron chi connectivity index (χ3n) is 3.43. The van der Waals surface area contributed by atoms with Gasteiger partial charge in [0.15, 0.2) is 5.79 Å². The van der Waals surface area contributed by atoms with Crippen LogP contribution < -0.4 is 0 Å². The third kappa shape index (κ3) is 2.29. The lowest BCUT2D eigenvalue weighted by molar-refractivity contribution is -0.199. The average Bonchev–Trinajstić information content (AvgIpc) is 2.79. The monoisotopic (exact) mass is 198 g/mol. The molecule has 0 aromatic heterocycles. The van der Waals surface area contributed by atoms with Crippen molar-refractivity contribution in [1.82, 2.24) is 0 Å². The number of ether oxygens (including phenoxy) is 2. The summed E-state index contributed by atoms with van der Waals surface area (Å²) in [5, 5.41) is 0. The molecule has 1 spiro atoms. The van der Waals surface area contributed by atoms with E-state index in [0.29, 0.717) is 6.10 Å². The van der Waals surface area contributed by atoms with Crippen molar-refractivity contribution < 1.29 is 9.47 Å². The molecule has 0 N–H and O–H groups in total. The highest BCUT2D eigenvalue weighted by molar-refractivity contribution is 4.84. The fourth-order valence-electron chi connectivity index (χ4n) is 2.59. The van der Waals surface area contributed by atoms with Gasteiger partial charge < -0.3 is 9.47 Å². The van der Waals surface area contributed by atoms with Gasteiger partial charge in [0, 0.05) is 12.8 Å². The Morgan fingerprint density at radius 1 is 1.29 bits per heavy atom. The summed E-state index contributed by atoms with van der Waals surface area (Å²) in [5.41, 5.74) is 0. The van der Waals surface area contributed by atoms with Gasteiger partial charge in [0.25, 0.3) is 0 Å². The zero-order valence-electron chi connectivity index (χ0n) is 9.26. The fourth-order valence-corrected chi connectivity index (χ4v) is 2.59. The van der Waals surface area contributed by atoms with Crippen LogP contribution in [0.15, 0.2) is 0 Å². The van der Waals surface area contributed by atoms with Crippen LogP contribution in [0.2, 0.25) is 0 Å². The minimum absolute atomic E-state index is 0.142. The highest BCUT2D eigenvalue weighted by Crippen LogP contribution is 2.40. The van der Waals surface area contributed by atoms with E-state index in [2.05, 4.69) is 6.92 Å². The normalized spacial score (nSPS) is 37.1. The Morgan fingerprint density at radius 3 is 2.93 bits per heavy atom. The molecule has 0 amide bonds. The van der Waals surface area contributed by atoms with Gasteiger partial charge in [-0.05, 0) is 19.3 Å². The Bertz CT molecular complexity index is 173. The summed E-state index contributed by atoms with van der Waals surface area (Å²) >= 11 is 0. The minimum Gasteiger partial charge on any atom is -0.350 e. The molecule has 2 aliphatic rings. The van der Waals surface area contributed by atoms with Gasteiger partial charge in [-0.2, -0.15) is 0 Å². The Labute approximate surface area is 87.0 Å². The maximum atomic E-state index is 6.03. The summed E-state index contributed by atoms with van der Waals surface area (Å²) in [6.45, 7) is 3.15. The van der Waals surface area contributed by atoms with E-state index in [-0.39, 0.29) is 5.79 Å². The molecule has 0 aromatic rings. The van der Waals surface area contributed by atoms with Crippen LogP contribution in [0.3, 0.4) is 0 Å². The molecule has 2 fully saturated rings. The van der Waals surface area contributed by atoms with Crippen LogP contribution >= 0.6 is 0 Å². The standard InChI is InChI=1S/C12H22O2/c1-2-3-4-6-11-7-9-12(14-11)8-5-10-13-12/h11H,2-10H2,1H3. The average molecular weight is 198 g/mol. The van der Waals surface area contributed by atoms with Gasteiger partial charge in [0.1, 0.15) is 0 Å². The van der Waals surface area contributed by atoms with E-state index < -0.39 is 0 Å². The topological polar surface area (TPSA) is 18.5 Å². The molecular formula is C12H22O2. The smallest absolute Gasteiger partial charge is 0.168 e. The predicted molar refractivity (Wildman–Crippen MR) is 56.2 cm³/mol. The zero-order chi connectivity index (χ0) is 9.86. The van der Waals surface area contributed by atoms with Crippen LogP contribution in [0.25, 0.3) is 0 Å². The molecule has 2 aliphatic heterocycles. The van der Waals surface area contributed by atoms with Gasteiger partial charge in [0.05, 0.1) is 12.7 Å². The maximum absolute atomic E-state index is 6.03. The molecule has 0 saturated carbocycles. The van der Waals surface area contributed by atoms with Crippen LogP contribution in [0.1, 0.15) is 58.3 Å². The van der Waals surface area contributed by atoms with Crippen LogP contribution in [0, 0.1) is 0 Å². The Balaban J connectivity index is 1.71. The quantitative estimate of drug-likeness (QED) is 0.645. The van der Waals surface area contributed by atoms with Gasteiger partial charge in [-0.15, -0.1) is 0 Å². The first kappa shape index (κ1) is 10.4. The molecule has 2 heteroatoms. The number of unbranched alkanes of at least 4 members (excludes halogenated alkanes) is 2. The van der Waals surface area contributed by atoms with E-state index in [9.17, 15) is 0 Å². The second-order valence-corrected chi connectivity index (χ2v) is 4.64. The van der Waals surface area contributed by atoms with Crippen LogP contribution in [-0.4, -0.2) is 18.5 Å². The van der Waals surface area contributed by atoms with Crippen molar-refractivity contribution >= 4 is 0 Å². The molecule has 2 rings (SSSR count). The van der Waals surface area contributed by atoms with Crippen molar-refractivity contribution in [3.05, 3.63) is 0 Å². The van der Waals surface area contributed by atoms with Crippen molar-refractivity contribution in [2.45, 2.75) is 70.2 Å². The molecule has 2 unspecified atom stereocenters. The molecule has 0 aliphatic carbocycles. The summed E-state index contributed by atoms with van der Waals surface area (Å²) < 4.78 is 11.7. The highest BCUT2D eigenvalue weighted by Gasteiger charge is 2.43. The van der Waals surface area contributed by atoms with E-state index >= 15 is 0 Å². The van der Waals surface area contributed by atoms with E-state index in [0.717, 1.165) is 19.4 Å². The largest absolute Gasteiger partial charge is 0.350 e. The molecular weight excluding hydrogens is 176 g/mol. The molecule has 0 aromatic carbocycles. The first-order valence-corrected chi connectivity index (χ1v) is 6.16. The lowest BCUT2D eigenvalue weighted by atomic mass is 10.1. The predicted octanol–water partition coefficient (Wildman–Crippen LogP) is 3.25. The van der Waals surface area contributed by atoms with Gasteiger partial charge in [-0.3, -0.25) is 0 Å². The van der Waals surface area contributed by atoms with E-state index in [1.807, 2.05) is 0 Å². The summed E-state index contributed by atoms with van der Waals surface area (Å²) in [6, 6.07) is 0. The summed E-state index contributed by atoms with van der Waals surface area (Å²) in [5.74, 6) is -0.142. The first-order chi connectivity index (χ1) is 6.85. The summed E-state index contributed by atoms with van der Waals surface area (Å²) in [6.07, 6.45) is 10.3. The van der Waals surface area contributed by atoms with E-state index in [4.69, 9.17) is 9.47 Å². The van der Waals surface area contributed by atoms with Crippen LogP contribution in [-0.2, 0) is 9.47 Å². The fraction of sp³-hybridized carbons (Fsp3) is 1.00. The minimum atomic E-state index is -0.142. The molecule has 2 atom stereocenters. The van der Waals surface area contributed by atoms with Crippen molar-refractivity contribution in [3.8, 4) is 0 Å². The number of hydrogen-bond acceptors (Lipinski definition) is 2. The molecule has 82 valence electrons. The SMILES string of the molecule is CCCCCC1CCC2(CCCO2)O1. The third-order valence-corrected chi connectivity index (χ3v) is 3.43. The Morgan fingerprint density at radius 2 is 2.21 bits per heavy atom. The summed E-state index contributed by atoms with van der Waals surface area (Å²) in [7, 11) is 0. The van der Waals surface area contributed by atoms with Crippen molar-refractivity contribution in [2.75, 3.05) is 6.61 Å². The van der Waals surface area contributed by atoms with Gasteiger partial charge in [-0.25, -0.2) is 0 Å². The summed E-state index contributed by atoms with van der Waals surface area (Å²) in [4.78, 5) is 0. The Hall–Kier alpha value is -0.0800. The first-order valence-electron chi connectivity index (χ1n) is 6.16. The number of hydrogen-bond donors (Lipinski definition) is 0. The van der Waals surface area contributed by atoms with Gasteiger partial charge in [0.2, 0.25) is 0 Å². The molecule has 14 heavy (non-hydrogen) atoms. The van der Waals surface area contributed by atoms with Gasteiger partial charge >= 0.3 is 0 Å². The van der Waals surface area contributed by atoms with Crippen molar-refractivity contribution in [1.29, 1.82) is 0 Å². The van der Waals surface area contributed by atoms with Crippen molar-refractivity contribution in [2.24, 2.45) is 0 Å². The van der Waals surface area contributed by atoms with Crippen LogP contribution in [0.4, 0.5) is 0 Å². The number of rotatable bonds is 4. The molecule has 0 bridgehead atoms. The zero-order valence-corrected chi connectivity index (χ0v) is 9.26. The second kappa shape index (κ2) is 4.63. The Kier molecular flexibility index (Phi) is 3.45. The molecule has 0 radical (unpaired) electrons. The molecule has 2 heterocycles. The molecule has 2 nitrogen and oxygen atoms in total. The second-order valence-electron chi connectivity index (χ2n) is 4.64. The lowest BCUT2D eigenvalue weighted by Crippen LogP contribution is -2.27. The van der Waals surface area contributed by atoms with Gasteiger partial charge in [-0.1, -0.05) is 26.2 Å². The van der Waals surface area contributed by atoms with Crippen LogP contribution in [0.5, 0.6) is 0 Å². The van der Waals surface area contributed by atoms with E-state index in [1.165, 1.54) is 38.5 Å². The lowest BCUT2D eigenvalue weighted by Gasteiger charge is -2.23. The highest BCUT2D eigenvalue weighted by atomic mass is 16.7. The van der Waals surface area contributed by atoms with Crippen molar-refractivity contribution in [3.63, 3.8) is 0 Å². The maximum Gasteiger partial charge on any atom is 0.168 e.